The Morgan fingerprint density at radius 2 is 1.83 bits per heavy atom. The monoisotopic (exact) mass is 408 g/mol. The van der Waals surface area contributed by atoms with E-state index in [9.17, 15) is 4.79 Å². The standard InChI is InChI=1S/C22H24N4O2S/c1-28-18-12-6-5-11-17(18)15-19-24-25-22(29-19)23-21(27)20(26-13-7-8-14-26)16-9-3-2-4-10-16/h2-6,9-12,20H,7-8,13-15H2,1H3,(H,23,25,27)/t20-/m1/s1. The number of nitrogens with one attached hydrogen (secondary N) is 1. The van der Waals surface area contributed by atoms with Gasteiger partial charge in [0.05, 0.1) is 7.11 Å². The maximum atomic E-state index is 13.1. The number of carbonyl (C=O) groups is 1. The number of rotatable bonds is 7. The lowest BCUT2D eigenvalue weighted by molar-refractivity contribution is -0.121. The molecule has 1 saturated heterocycles. The number of aromatic nitrogens is 2. The second kappa shape index (κ2) is 9.15. The molecule has 0 saturated carbocycles. The van der Waals surface area contributed by atoms with E-state index < -0.39 is 0 Å². The van der Waals surface area contributed by atoms with Gasteiger partial charge >= 0.3 is 0 Å². The van der Waals surface area contributed by atoms with Gasteiger partial charge in [0.25, 0.3) is 0 Å². The Hall–Kier alpha value is -2.77. The van der Waals surface area contributed by atoms with Gasteiger partial charge in [0.15, 0.2) is 0 Å². The van der Waals surface area contributed by atoms with E-state index in [1.165, 1.54) is 11.3 Å². The number of likely N-dealkylation sites (tertiary alicyclic amines) is 1. The molecule has 2 heterocycles. The molecule has 6 nitrogen and oxygen atoms in total. The van der Waals surface area contributed by atoms with Crippen LogP contribution in [0.4, 0.5) is 5.13 Å². The summed E-state index contributed by atoms with van der Waals surface area (Å²) in [6, 6.07) is 17.5. The number of anilines is 1. The molecule has 150 valence electrons. The molecule has 2 aromatic carbocycles. The number of hydrogen-bond acceptors (Lipinski definition) is 6. The summed E-state index contributed by atoms with van der Waals surface area (Å²) in [7, 11) is 1.66. The van der Waals surface area contributed by atoms with Crippen molar-refractivity contribution in [1.29, 1.82) is 0 Å². The highest BCUT2D eigenvalue weighted by Crippen LogP contribution is 2.28. The summed E-state index contributed by atoms with van der Waals surface area (Å²) in [5.41, 5.74) is 2.05. The molecule has 1 atom stereocenters. The molecule has 29 heavy (non-hydrogen) atoms. The number of nitrogens with zero attached hydrogens (tertiary/aromatic N) is 3. The first kappa shape index (κ1) is 19.5. The molecular formula is C22H24N4O2S. The van der Waals surface area contributed by atoms with Crippen LogP contribution in [0, 0.1) is 0 Å². The molecule has 0 spiro atoms. The van der Waals surface area contributed by atoms with E-state index in [0.717, 1.165) is 47.8 Å². The highest BCUT2D eigenvalue weighted by atomic mass is 32.1. The van der Waals surface area contributed by atoms with Crippen molar-refractivity contribution in [3.8, 4) is 5.75 Å². The van der Waals surface area contributed by atoms with E-state index in [1.54, 1.807) is 7.11 Å². The lowest BCUT2D eigenvalue weighted by Crippen LogP contribution is -2.35. The number of benzene rings is 2. The zero-order valence-corrected chi connectivity index (χ0v) is 17.2. The van der Waals surface area contributed by atoms with E-state index >= 15 is 0 Å². The Morgan fingerprint density at radius 1 is 1.10 bits per heavy atom. The Labute approximate surface area is 174 Å². The van der Waals surface area contributed by atoms with E-state index in [0.29, 0.717) is 11.6 Å². The molecule has 0 unspecified atom stereocenters. The van der Waals surface area contributed by atoms with Crippen molar-refractivity contribution in [3.05, 3.63) is 70.7 Å². The van der Waals surface area contributed by atoms with Gasteiger partial charge < -0.3 is 4.74 Å². The highest BCUT2D eigenvalue weighted by Gasteiger charge is 2.30. The molecule has 0 aliphatic carbocycles. The Kier molecular flexibility index (Phi) is 6.17. The third-order valence-corrected chi connectivity index (χ3v) is 5.94. The van der Waals surface area contributed by atoms with Gasteiger partial charge in [0.2, 0.25) is 11.0 Å². The van der Waals surface area contributed by atoms with Crippen molar-refractivity contribution in [2.24, 2.45) is 0 Å². The molecule has 1 N–H and O–H groups in total. The molecule has 1 aliphatic rings. The van der Waals surface area contributed by atoms with Gasteiger partial charge in [-0.3, -0.25) is 15.0 Å². The lowest BCUT2D eigenvalue weighted by Gasteiger charge is -2.26. The van der Waals surface area contributed by atoms with Gasteiger partial charge in [-0.1, -0.05) is 59.9 Å². The number of para-hydroxylation sites is 1. The maximum Gasteiger partial charge on any atom is 0.248 e. The van der Waals surface area contributed by atoms with Gasteiger partial charge in [0, 0.05) is 12.0 Å². The fourth-order valence-corrected chi connectivity index (χ4v) is 4.49. The predicted octanol–water partition coefficient (Wildman–Crippen LogP) is 3.91. The summed E-state index contributed by atoms with van der Waals surface area (Å²) in [6.45, 7) is 1.87. The fourth-order valence-electron chi connectivity index (χ4n) is 3.72. The summed E-state index contributed by atoms with van der Waals surface area (Å²) in [5.74, 6) is 0.768. The minimum Gasteiger partial charge on any atom is -0.496 e. The van der Waals surface area contributed by atoms with E-state index in [4.69, 9.17) is 4.74 Å². The molecule has 0 radical (unpaired) electrons. The maximum absolute atomic E-state index is 13.1. The minimum atomic E-state index is -0.305. The highest BCUT2D eigenvalue weighted by molar-refractivity contribution is 7.15. The molecular weight excluding hydrogens is 384 g/mol. The second-order valence-corrected chi connectivity index (χ2v) is 8.10. The third-order valence-electron chi connectivity index (χ3n) is 5.10. The summed E-state index contributed by atoms with van der Waals surface area (Å²) >= 11 is 1.40. The van der Waals surface area contributed by atoms with E-state index in [1.807, 2.05) is 54.6 Å². The smallest absolute Gasteiger partial charge is 0.248 e. The lowest BCUT2D eigenvalue weighted by atomic mass is 10.1. The number of amides is 1. The van der Waals surface area contributed by atoms with Gasteiger partial charge in [0.1, 0.15) is 16.8 Å². The van der Waals surface area contributed by atoms with E-state index in [-0.39, 0.29) is 11.9 Å². The first-order chi connectivity index (χ1) is 14.2. The van der Waals surface area contributed by atoms with Gasteiger partial charge in [-0.05, 0) is 37.6 Å². The largest absolute Gasteiger partial charge is 0.496 e. The zero-order valence-electron chi connectivity index (χ0n) is 16.4. The number of methoxy groups -OCH3 is 1. The normalized spacial score (nSPS) is 15.2. The van der Waals surface area contributed by atoms with Crippen molar-refractivity contribution in [2.45, 2.75) is 25.3 Å². The average Bonchev–Trinajstić information content (AvgIpc) is 3.42. The molecule has 1 aliphatic heterocycles. The van der Waals surface area contributed by atoms with Crippen molar-refractivity contribution in [2.75, 3.05) is 25.5 Å². The SMILES string of the molecule is COc1ccccc1Cc1nnc(NC(=O)[C@@H](c2ccccc2)N2CCCC2)s1. The van der Waals surface area contributed by atoms with Crippen molar-refractivity contribution in [1.82, 2.24) is 15.1 Å². The topological polar surface area (TPSA) is 67.4 Å². The molecule has 0 bridgehead atoms. The summed E-state index contributed by atoms with van der Waals surface area (Å²) < 4.78 is 5.41. The number of hydrogen-bond donors (Lipinski definition) is 1. The number of carbonyl (C=O) groups excluding carboxylic acids is 1. The second-order valence-electron chi connectivity index (χ2n) is 7.04. The van der Waals surface area contributed by atoms with Crippen LogP contribution < -0.4 is 10.1 Å². The molecule has 7 heteroatoms. The Morgan fingerprint density at radius 3 is 2.59 bits per heavy atom. The molecule has 1 amide bonds. The number of ether oxygens (including phenoxy) is 1. The Balaban J connectivity index is 1.48. The van der Waals surface area contributed by atoms with Crippen LogP contribution in [0.3, 0.4) is 0 Å². The minimum absolute atomic E-state index is 0.0573. The van der Waals surface area contributed by atoms with Crippen LogP contribution in [0.5, 0.6) is 5.75 Å². The van der Waals surface area contributed by atoms with Crippen molar-refractivity contribution < 1.29 is 9.53 Å². The van der Waals surface area contributed by atoms with Gasteiger partial charge in [-0.25, -0.2) is 0 Å². The molecule has 3 aromatic rings. The van der Waals surface area contributed by atoms with Gasteiger partial charge in [-0.2, -0.15) is 0 Å². The van der Waals surface area contributed by atoms with Crippen LogP contribution in [-0.2, 0) is 11.2 Å². The first-order valence-electron chi connectivity index (χ1n) is 9.79. The summed E-state index contributed by atoms with van der Waals surface area (Å²) in [6.07, 6.45) is 2.86. The third kappa shape index (κ3) is 4.63. The van der Waals surface area contributed by atoms with Crippen LogP contribution >= 0.6 is 11.3 Å². The van der Waals surface area contributed by atoms with Crippen LogP contribution in [0.25, 0.3) is 0 Å². The zero-order chi connectivity index (χ0) is 20.1. The molecule has 4 rings (SSSR count). The molecule has 1 aromatic heterocycles. The van der Waals surface area contributed by atoms with Crippen LogP contribution in [0.2, 0.25) is 0 Å². The average molecular weight is 409 g/mol. The molecule has 1 fully saturated rings. The van der Waals surface area contributed by atoms with E-state index in [2.05, 4.69) is 20.4 Å². The van der Waals surface area contributed by atoms with Crippen molar-refractivity contribution >= 4 is 22.4 Å². The van der Waals surface area contributed by atoms with Crippen molar-refractivity contribution in [3.63, 3.8) is 0 Å². The predicted molar refractivity (Wildman–Crippen MR) is 114 cm³/mol. The quantitative estimate of drug-likeness (QED) is 0.642. The van der Waals surface area contributed by atoms with Crippen LogP contribution in [0.15, 0.2) is 54.6 Å². The summed E-state index contributed by atoms with van der Waals surface area (Å²) in [5, 5.41) is 12.8. The first-order valence-corrected chi connectivity index (χ1v) is 10.6. The van der Waals surface area contributed by atoms with Gasteiger partial charge in [-0.15, -0.1) is 10.2 Å². The Bertz CT molecular complexity index is 954. The fraction of sp³-hybridized carbons (Fsp3) is 0.318. The van der Waals surface area contributed by atoms with Crippen LogP contribution in [0.1, 0.15) is 35.0 Å². The van der Waals surface area contributed by atoms with Crippen LogP contribution in [-0.4, -0.2) is 41.2 Å². The summed E-state index contributed by atoms with van der Waals surface area (Å²) in [4.78, 5) is 15.4.